The Morgan fingerprint density at radius 1 is 1.05 bits per heavy atom. The van der Waals surface area contributed by atoms with Gasteiger partial charge in [-0.2, -0.15) is 0 Å². The van der Waals surface area contributed by atoms with Crippen LogP contribution in [0.2, 0.25) is 0 Å². The van der Waals surface area contributed by atoms with Crippen molar-refractivity contribution in [3.8, 4) is 0 Å². The average molecular weight is 260 g/mol. The number of rotatable bonds is 0. The average Bonchev–Trinajstić information content (AvgIpc) is 2.81. The summed E-state index contributed by atoms with van der Waals surface area (Å²) in [6.07, 6.45) is 0. The number of carbonyl (C=O) groups excluding carboxylic acids is 1. The summed E-state index contributed by atoms with van der Waals surface area (Å²) in [4.78, 5) is 18.6. The van der Waals surface area contributed by atoms with Gasteiger partial charge in [-0.15, -0.1) is 0 Å². The van der Waals surface area contributed by atoms with Crippen LogP contribution in [-0.4, -0.2) is 54.0 Å². The zero-order chi connectivity index (χ0) is 13.4. The summed E-state index contributed by atoms with van der Waals surface area (Å²) in [6, 6.07) is 6.07. The van der Waals surface area contributed by atoms with E-state index in [1.165, 1.54) is 11.1 Å². The zero-order valence-electron chi connectivity index (χ0n) is 11.3. The standard InChI is InChI=1S/C14H20N4O/c1-16-4-6-17(7-5-16)14(19)18-9-11-2-3-13(15)8-12(11)10-18/h2-3,8H,4-7,9-10,15H2,1H3. The van der Waals surface area contributed by atoms with Crippen molar-refractivity contribution in [3.63, 3.8) is 0 Å². The maximum atomic E-state index is 12.5. The fourth-order valence-electron chi connectivity index (χ4n) is 2.75. The molecule has 0 unspecified atom stereocenters. The second-order valence-corrected chi connectivity index (χ2v) is 5.46. The molecule has 2 heterocycles. The summed E-state index contributed by atoms with van der Waals surface area (Å²) >= 11 is 0. The Bertz CT molecular complexity index is 494. The van der Waals surface area contributed by atoms with Crippen molar-refractivity contribution in [2.75, 3.05) is 39.0 Å². The Morgan fingerprint density at radius 2 is 1.74 bits per heavy atom. The van der Waals surface area contributed by atoms with E-state index in [1.54, 1.807) is 0 Å². The van der Waals surface area contributed by atoms with Gasteiger partial charge < -0.3 is 20.4 Å². The highest BCUT2D eigenvalue weighted by molar-refractivity contribution is 5.75. The first-order valence-electron chi connectivity index (χ1n) is 6.73. The third kappa shape index (κ3) is 2.38. The fraction of sp³-hybridized carbons (Fsp3) is 0.500. The van der Waals surface area contributed by atoms with E-state index >= 15 is 0 Å². The number of nitrogens with zero attached hydrogens (tertiary/aromatic N) is 3. The van der Waals surface area contributed by atoms with Crippen LogP contribution in [0.15, 0.2) is 18.2 Å². The third-order valence-electron chi connectivity index (χ3n) is 4.00. The molecular formula is C14H20N4O. The number of anilines is 1. The molecular weight excluding hydrogens is 240 g/mol. The van der Waals surface area contributed by atoms with Crippen LogP contribution in [0.4, 0.5) is 10.5 Å². The van der Waals surface area contributed by atoms with E-state index in [4.69, 9.17) is 5.73 Å². The zero-order valence-corrected chi connectivity index (χ0v) is 11.3. The lowest BCUT2D eigenvalue weighted by Gasteiger charge is -2.34. The molecule has 1 fully saturated rings. The SMILES string of the molecule is CN1CCN(C(=O)N2Cc3ccc(N)cc3C2)CC1. The van der Waals surface area contributed by atoms with Crippen molar-refractivity contribution in [2.45, 2.75) is 13.1 Å². The first-order valence-corrected chi connectivity index (χ1v) is 6.73. The van der Waals surface area contributed by atoms with Crippen LogP contribution in [0.1, 0.15) is 11.1 Å². The molecule has 3 rings (SSSR count). The maximum absolute atomic E-state index is 12.5. The lowest BCUT2D eigenvalue weighted by molar-refractivity contribution is 0.122. The number of piperazine rings is 1. The molecule has 2 aliphatic rings. The third-order valence-corrected chi connectivity index (χ3v) is 4.00. The number of hydrogen-bond donors (Lipinski definition) is 1. The smallest absolute Gasteiger partial charge is 0.320 e. The molecule has 0 radical (unpaired) electrons. The van der Waals surface area contributed by atoms with Crippen molar-refractivity contribution < 1.29 is 4.79 Å². The highest BCUT2D eigenvalue weighted by Gasteiger charge is 2.28. The molecule has 0 bridgehead atoms. The molecule has 19 heavy (non-hydrogen) atoms. The van der Waals surface area contributed by atoms with Crippen molar-refractivity contribution in [2.24, 2.45) is 0 Å². The van der Waals surface area contributed by atoms with E-state index in [1.807, 2.05) is 28.0 Å². The van der Waals surface area contributed by atoms with Crippen molar-refractivity contribution in [1.82, 2.24) is 14.7 Å². The van der Waals surface area contributed by atoms with E-state index in [-0.39, 0.29) is 6.03 Å². The molecule has 1 saturated heterocycles. The van der Waals surface area contributed by atoms with Gasteiger partial charge in [0.2, 0.25) is 0 Å². The Kier molecular flexibility index (Phi) is 3.06. The van der Waals surface area contributed by atoms with Gasteiger partial charge in [0.15, 0.2) is 0 Å². The second-order valence-electron chi connectivity index (χ2n) is 5.46. The minimum atomic E-state index is 0.155. The number of nitrogen functional groups attached to an aromatic ring is 1. The number of hydrogen-bond acceptors (Lipinski definition) is 3. The molecule has 0 saturated carbocycles. The number of benzene rings is 1. The largest absolute Gasteiger partial charge is 0.399 e. The molecule has 0 atom stereocenters. The number of fused-ring (bicyclic) bond motifs is 1. The summed E-state index contributed by atoms with van der Waals surface area (Å²) in [6.45, 7) is 4.96. The molecule has 2 N–H and O–H groups in total. The highest BCUT2D eigenvalue weighted by atomic mass is 16.2. The molecule has 5 heteroatoms. The minimum Gasteiger partial charge on any atom is -0.399 e. The number of amides is 2. The maximum Gasteiger partial charge on any atom is 0.320 e. The summed E-state index contributed by atoms with van der Waals surface area (Å²) < 4.78 is 0. The molecule has 1 aromatic carbocycles. The lowest BCUT2D eigenvalue weighted by atomic mass is 10.1. The molecule has 2 amide bonds. The summed E-state index contributed by atoms with van der Waals surface area (Å²) in [5.74, 6) is 0. The molecule has 102 valence electrons. The van der Waals surface area contributed by atoms with Crippen LogP contribution in [0.3, 0.4) is 0 Å². The van der Waals surface area contributed by atoms with E-state index < -0.39 is 0 Å². The Hall–Kier alpha value is -1.75. The summed E-state index contributed by atoms with van der Waals surface area (Å²) in [7, 11) is 2.09. The highest BCUT2D eigenvalue weighted by Crippen LogP contribution is 2.25. The van der Waals surface area contributed by atoms with E-state index in [0.717, 1.165) is 31.9 Å². The number of likely N-dealkylation sites (N-methyl/N-ethyl adjacent to an activating group) is 1. The van der Waals surface area contributed by atoms with Crippen LogP contribution in [0, 0.1) is 0 Å². The lowest BCUT2D eigenvalue weighted by Crippen LogP contribution is -2.50. The van der Waals surface area contributed by atoms with Gasteiger partial charge >= 0.3 is 6.03 Å². The molecule has 5 nitrogen and oxygen atoms in total. The van der Waals surface area contributed by atoms with Crippen molar-refractivity contribution >= 4 is 11.7 Å². The Balaban J connectivity index is 1.67. The normalized spacial score (nSPS) is 19.6. The van der Waals surface area contributed by atoms with Gasteiger partial charge in [0, 0.05) is 45.0 Å². The number of carbonyl (C=O) groups is 1. The van der Waals surface area contributed by atoms with Crippen molar-refractivity contribution in [3.05, 3.63) is 29.3 Å². The molecule has 0 spiro atoms. The van der Waals surface area contributed by atoms with E-state index in [9.17, 15) is 4.79 Å². The predicted octanol–water partition coefficient (Wildman–Crippen LogP) is 0.952. The first kappa shape index (κ1) is 12.3. The number of urea groups is 1. The molecule has 0 aliphatic carbocycles. The van der Waals surface area contributed by atoms with Gasteiger partial charge in [0.1, 0.15) is 0 Å². The van der Waals surface area contributed by atoms with Crippen LogP contribution in [0.25, 0.3) is 0 Å². The number of nitrogens with two attached hydrogens (primary N) is 1. The van der Waals surface area contributed by atoms with Gasteiger partial charge in [-0.25, -0.2) is 4.79 Å². The van der Waals surface area contributed by atoms with Gasteiger partial charge in [-0.05, 0) is 30.3 Å². The first-order chi connectivity index (χ1) is 9.13. The van der Waals surface area contributed by atoms with Crippen LogP contribution in [0.5, 0.6) is 0 Å². The predicted molar refractivity (Wildman–Crippen MR) is 74.6 cm³/mol. The monoisotopic (exact) mass is 260 g/mol. The van der Waals surface area contributed by atoms with Crippen LogP contribution in [-0.2, 0) is 13.1 Å². The molecule has 0 aromatic heterocycles. The second kappa shape index (κ2) is 4.74. The Morgan fingerprint density at radius 3 is 2.47 bits per heavy atom. The fourth-order valence-corrected chi connectivity index (χ4v) is 2.75. The summed E-state index contributed by atoms with van der Waals surface area (Å²) in [5, 5.41) is 0. The van der Waals surface area contributed by atoms with Gasteiger partial charge in [0.25, 0.3) is 0 Å². The quantitative estimate of drug-likeness (QED) is 0.707. The van der Waals surface area contributed by atoms with Crippen molar-refractivity contribution in [1.29, 1.82) is 0 Å². The van der Waals surface area contributed by atoms with Gasteiger partial charge in [-0.3, -0.25) is 0 Å². The van der Waals surface area contributed by atoms with Gasteiger partial charge in [0.05, 0.1) is 0 Å². The molecule has 2 aliphatic heterocycles. The van der Waals surface area contributed by atoms with E-state index in [0.29, 0.717) is 13.1 Å². The van der Waals surface area contributed by atoms with Gasteiger partial charge in [-0.1, -0.05) is 6.07 Å². The minimum absolute atomic E-state index is 0.155. The Labute approximate surface area is 113 Å². The molecule has 1 aromatic rings. The topological polar surface area (TPSA) is 52.8 Å². The van der Waals surface area contributed by atoms with Crippen LogP contribution < -0.4 is 5.73 Å². The summed E-state index contributed by atoms with van der Waals surface area (Å²) in [5.41, 5.74) is 8.96. The van der Waals surface area contributed by atoms with Crippen LogP contribution >= 0.6 is 0 Å². The van der Waals surface area contributed by atoms with E-state index in [2.05, 4.69) is 11.9 Å².